The number of hydrogen-bond donors (Lipinski definition) is 0. The maximum atomic E-state index is 12.3. The molecule has 0 N–H and O–H groups in total. The van der Waals surface area contributed by atoms with Gasteiger partial charge in [-0.05, 0) is 18.2 Å². The molecular formula is C15H10ClN3OS. The number of hydrogen-bond acceptors (Lipinski definition) is 3. The first-order valence-electron chi connectivity index (χ1n) is 6.44. The lowest BCUT2D eigenvalue weighted by Gasteiger charge is -1.96. The monoisotopic (exact) mass is 315 g/mol. The summed E-state index contributed by atoms with van der Waals surface area (Å²) in [5.74, 6) is 0. The number of fused-ring (bicyclic) bond motifs is 2. The van der Waals surface area contributed by atoms with Crippen molar-refractivity contribution >= 4 is 38.7 Å². The van der Waals surface area contributed by atoms with E-state index in [1.807, 2.05) is 42.5 Å². The van der Waals surface area contributed by atoms with Gasteiger partial charge in [-0.1, -0.05) is 35.9 Å². The molecule has 0 bridgehead atoms. The van der Waals surface area contributed by atoms with Gasteiger partial charge in [0, 0.05) is 21.2 Å². The average molecular weight is 316 g/mol. The summed E-state index contributed by atoms with van der Waals surface area (Å²) in [4.78, 5) is 13.2. The van der Waals surface area contributed by atoms with Crippen molar-refractivity contribution in [3.05, 3.63) is 69.0 Å². The van der Waals surface area contributed by atoms with E-state index >= 15 is 0 Å². The zero-order valence-corrected chi connectivity index (χ0v) is 12.4. The second-order valence-corrected chi connectivity index (χ2v) is 6.22. The lowest BCUT2D eigenvalue weighted by atomic mass is 10.2. The molecule has 3 heterocycles. The molecule has 3 aromatic heterocycles. The van der Waals surface area contributed by atoms with E-state index in [1.165, 1.54) is 9.08 Å². The summed E-state index contributed by atoms with van der Waals surface area (Å²) >= 11 is 8.01. The van der Waals surface area contributed by atoms with Crippen molar-refractivity contribution in [3.63, 3.8) is 0 Å². The number of halogens is 1. The maximum Gasteiger partial charge on any atom is 0.350 e. The molecule has 0 saturated carbocycles. The largest absolute Gasteiger partial charge is 0.350 e. The molecular weight excluding hydrogens is 306 g/mol. The van der Waals surface area contributed by atoms with Crippen LogP contribution in [-0.2, 0) is 6.54 Å². The van der Waals surface area contributed by atoms with Gasteiger partial charge in [0.25, 0.3) is 0 Å². The quantitative estimate of drug-likeness (QED) is 0.568. The Morgan fingerprint density at radius 1 is 1.14 bits per heavy atom. The van der Waals surface area contributed by atoms with Crippen LogP contribution in [0.2, 0.25) is 5.02 Å². The van der Waals surface area contributed by atoms with Gasteiger partial charge in [-0.25, -0.2) is 9.48 Å². The first-order valence-corrected chi connectivity index (χ1v) is 7.63. The number of benzene rings is 1. The molecule has 0 saturated heterocycles. The van der Waals surface area contributed by atoms with Crippen molar-refractivity contribution in [1.82, 2.24) is 14.2 Å². The number of aromatic nitrogens is 3. The zero-order chi connectivity index (χ0) is 14.4. The molecule has 4 aromatic rings. The Hall–Kier alpha value is -2.11. The number of nitrogens with zero attached hydrogens (tertiary/aromatic N) is 3. The van der Waals surface area contributed by atoms with E-state index in [4.69, 9.17) is 11.6 Å². The fourth-order valence-corrected chi connectivity index (χ4v) is 3.85. The highest BCUT2D eigenvalue weighted by atomic mass is 35.5. The number of pyridine rings is 1. The predicted molar refractivity (Wildman–Crippen MR) is 85.4 cm³/mol. The normalized spacial score (nSPS) is 11.5. The molecule has 0 radical (unpaired) electrons. The van der Waals surface area contributed by atoms with E-state index in [0.717, 1.165) is 15.0 Å². The SMILES string of the molecule is O=c1n(Cc2sc3ccccc3c2Cl)nc2ccccn12. The molecule has 0 atom stereocenters. The standard InChI is InChI=1S/C15H10ClN3OS/c16-14-10-5-1-2-6-11(10)21-12(14)9-19-15(20)18-8-4-3-7-13(18)17-19/h1-8H,9H2. The van der Waals surface area contributed by atoms with E-state index in [1.54, 1.807) is 17.5 Å². The minimum absolute atomic E-state index is 0.154. The third kappa shape index (κ3) is 1.97. The van der Waals surface area contributed by atoms with Gasteiger partial charge in [0.05, 0.1) is 11.6 Å². The van der Waals surface area contributed by atoms with Crippen LogP contribution in [0.15, 0.2) is 53.5 Å². The minimum Gasteiger partial charge on any atom is -0.250 e. The first-order chi connectivity index (χ1) is 10.2. The Morgan fingerprint density at radius 2 is 1.95 bits per heavy atom. The summed E-state index contributed by atoms with van der Waals surface area (Å²) in [6, 6.07) is 13.4. The third-order valence-electron chi connectivity index (χ3n) is 3.38. The fourth-order valence-electron chi connectivity index (χ4n) is 2.37. The lowest BCUT2D eigenvalue weighted by Crippen LogP contribution is -2.21. The summed E-state index contributed by atoms with van der Waals surface area (Å²) in [5, 5.41) is 6.07. The van der Waals surface area contributed by atoms with Gasteiger partial charge in [0.1, 0.15) is 0 Å². The van der Waals surface area contributed by atoms with Crippen LogP contribution in [0.4, 0.5) is 0 Å². The van der Waals surface area contributed by atoms with Crippen LogP contribution >= 0.6 is 22.9 Å². The lowest BCUT2D eigenvalue weighted by molar-refractivity contribution is 0.666. The highest BCUT2D eigenvalue weighted by Gasteiger charge is 2.13. The molecule has 0 fully saturated rings. The highest BCUT2D eigenvalue weighted by Crippen LogP contribution is 2.35. The van der Waals surface area contributed by atoms with E-state index in [9.17, 15) is 4.79 Å². The van der Waals surface area contributed by atoms with Gasteiger partial charge >= 0.3 is 5.69 Å². The molecule has 4 rings (SSSR count). The molecule has 0 aliphatic rings. The van der Waals surface area contributed by atoms with Crippen LogP contribution in [0.3, 0.4) is 0 Å². The molecule has 1 aromatic carbocycles. The molecule has 0 aliphatic heterocycles. The Kier molecular flexibility index (Phi) is 2.83. The van der Waals surface area contributed by atoms with E-state index in [2.05, 4.69) is 5.10 Å². The fraction of sp³-hybridized carbons (Fsp3) is 0.0667. The maximum absolute atomic E-state index is 12.3. The number of rotatable bonds is 2. The first kappa shape index (κ1) is 12.6. The van der Waals surface area contributed by atoms with Gasteiger partial charge in [-0.15, -0.1) is 16.4 Å². The summed E-state index contributed by atoms with van der Waals surface area (Å²) in [5.41, 5.74) is 0.485. The molecule has 0 aliphatic carbocycles. The Bertz CT molecular complexity index is 1010. The predicted octanol–water partition coefficient (Wildman–Crippen LogP) is 3.41. The van der Waals surface area contributed by atoms with Crippen molar-refractivity contribution in [1.29, 1.82) is 0 Å². The second-order valence-electron chi connectivity index (χ2n) is 4.70. The van der Waals surface area contributed by atoms with Gasteiger partial charge < -0.3 is 0 Å². The van der Waals surface area contributed by atoms with Gasteiger partial charge in [-0.2, -0.15) is 0 Å². The average Bonchev–Trinajstić information content (AvgIpc) is 2.99. The summed E-state index contributed by atoms with van der Waals surface area (Å²) in [7, 11) is 0. The van der Waals surface area contributed by atoms with Crippen LogP contribution in [0.25, 0.3) is 15.7 Å². The van der Waals surface area contributed by atoms with Crippen LogP contribution in [-0.4, -0.2) is 14.2 Å². The van der Waals surface area contributed by atoms with E-state index in [0.29, 0.717) is 17.2 Å². The second kappa shape index (κ2) is 4.72. The minimum atomic E-state index is -0.154. The van der Waals surface area contributed by atoms with Gasteiger partial charge in [0.15, 0.2) is 5.65 Å². The molecule has 6 heteroatoms. The molecule has 21 heavy (non-hydrogen) atoms. The molecule has 104 valence electrons. The molecule has 0 unspecified atom stereocenters. The Morgan fingerprint density at radius 3 is 2.76 bits per heavy atom. The van der Waals surface area contributed by atoms with Crippen LogP contribution in [0.1, 0.15) is 4.88 Å². The topological polar surface area (TPSA) is 39.3 Å². The molecule has 0 amide bonds. The van der Waals surface area contributed by atoms with Crippen molar-refractivity contribution < 1.29 is 0 Å². The third-order valence-corrected chi connectivity index (χ3v) is 5.08. The Balaban J connectivity index is 1.85. The Labute approximate surface area is 128 Å². The smallest absolute Gasteiger partial charge is 0.250 e. The summed E-state index contributed by atoms with van der Waals surface area (Å²) < 4.78 is 4.10. The van der Waals surface area contributed by atoms with Crippen LogP contribution in [0, 0.1) is 0 Å². The molecule has 0 spiro atoms. The van der Waals surface area contributed by atoms with Gasteiger partial charge in [-0.3, -0.25) is 4.40 Å². The molecule has 4 nitrogen and oxygen atoms in total. The number of thiophene rings is 1. The van der Waals surface area contributed by atoms with E-state index < -0.39 is 0 Å². The van der Waals surface area contributed by atoms with Crippen LogP contribution < -0.4 is 5.69 Å². The zero-order valence-electron chi connectivity index (χ0n) is 10.9. The highest BCUT2D eigenvalue weighted by molar-refractivity contribution is 7.19. The van der Waals surface area contributed by atoms with Crippen LogP contribution in [0.5, 0.6) is 0 Å². The van der Waals surface area contributed by atoms with E-state index in [-0.39, 0.29) is 5.69 Å². The van der Waals surface area contributed by atoms with Crippen molar-refractivity contribution in [2.24, 2.45) is 0 Å². The summed E-state index contributed by atoms with van der Waals surface area (Å²) in [6.45, 7) is 0.388. The summed E-state index contributed by atoms with van der Waals surface area (Å²) in [6.07, 6.45) is 1.72. The van der Waals surface area contributed by atoms with Crippen molar-refractivity contribution in [2.45, 2.75) is 6.54 Å². The van der Waals surface area contributed by atoms with Crippen molar-refractivity contribution in [3.8, 4) is 0 Å². The van der Waals surface area contributed by atoms with Crippen molar-refractivity contribution in [2.75, 3.05) is 0 Å². The van der Waals surface area contributed by atoms with Gasteiger partial charge in [0.2, 0.25) is 0 Å².